The molecule has 1 aromatic heterocycles. The van der Waals surface area contributed by atoms with E-state index in [0.717, 1.165) is 46.7 Å². The van der Waals surface area contributed by atoms with Crippen LogP contribution in [0.5, 0.6) is 46.0 Å². The summed E-state index contributed by atoms with van der Waals surface area (Å²) in [6.07, 6.45) is 10.4. The first-order valence-electron chi connectivity index (χ1n) is 44.4. The molecule has 0 aliphatic carbocycles. The van der Waals surface area contributed by atoms with Crippen molar-refractivity contribution in [2.75, 3.05) is 82.8 Å². The van der Waals surface area contributed by atoms with Gasteiger partial charge in [0.25, 0.3) is 0 Å². The Morgan fingerprint density at radius 3 is 1.07 bits per heavy atom. The minimum atomic E-state index is -4.07. The monoisotopic (exact) mass is 2130 g/mol. The zero-order valence-electron chi connectivity index (χ0n) is 77.3. The molecule has 14 rings (SSSR count). The summed E-state index contributed by atoms with van der Waals surface area (Å²) in [4.78, 5) is 31.4. The van der Waals surface area contributed by atoms with E-state index in [0.29, 0.717) is 176 Å². The van der Waals surface area contributed by atoms with Crippen LogP contribution < -0.4 is 59.1 Å². The van der Waals surface area contributed by atoms with Gasteiger partial charge in [0, 0.05) is 115 Å². The molecule has 4 saturated heterocycles. The van der Waals surface area contributed by atoms with Crippen LogP contribution in [0.3, 0.4) is 0 Å². The van der Waals surface area contributed by atoms with Crippen LogP contribution in [0.2, 0.25) is 20.1 Å². The van der Waals surface area contributed by atoms with Crippen molar-refractivity contribution in [2.24, 2.45) is 0 Å². The van der Waals surface area contributed by atoms with Crippen molar-refractivity contribution in [1.82, 2.24) is 54.4 Å². The van der Waals surface area contributed by atoms with Crippen molar-refractivity contribution in [3.8, 4) is 70.3 Å². The van der Waals surface area contributed by atoms with Crippen molar-refractivity contribution in [1.29, 1.82) is 21.0 Å². The van der Waals surface area contributed by atoms with Crippen molar-refractivity contribution in [3.05, 3.63) is 277 Å². The molecule has 9 aromatic carbocycles. The Morgan fingerprint density at radius 2 is 0.773 bits per heavy atom. The molecule has 4 fully saturated rings. The number of halogens is 5. The van der Waals surface area contributed by atoms with E-state index in [4.69, 9.17) is 94.2 Å². The van der Waals surface area contributed by atoms with Crippen molar-refractivity contribution >= 4 is 151 Å². The summed E-state index contributed by atoms with van der Waals surface area (Å²) in [5.74, 6) is 3.37. The second kappa shape index (κ2) is 51.7. The maximum Gasteiger partial charge on any atom is 0.321 e. The largest absolute Gasteiger partial charge is 0.467 e. The highest BCUT2D eigenvalue weighted by atomic mass is 35.5. The number of piperidine rings is 4. The molecule has 0 radical (unpaired) electrons. The minimum Gasteiger partial charge on any atom is -0.467 e. The van der Waals surface area contributed by atoms with Crippen LogP contribution in [0, 0.1) is 78.8 Å². The highest BCUT2D eigenvalue weighted by Crippen LogP contribution is 2.39. The van der Waals surface area contributed by atoms with Gasteiger partial charge < -0.3 is 64.2 Å². The minimum absolute atomic E-state index is 0.0556. The van der Waals surface area contributed by atoms with Gasteiger partial charge in [-0.1, -0.05) is 58.5 Å². The van der Waals surface area contributed by atoms with E-state index in [1.807, 2.05) is 69.0 Å². The fourth-order valence-electron chi connectivity index (χ4n) is 15.2. The lowest BCUT2D eigenvalue weighted by molar-refractivity contribution is 0.181. The van der Waals surface area contributed by atoms with Gasteiger partial charge in [-0.2, -0.15) is 32.8 Å². The molecule has 4 amide bonds. The number of carbonyl (C=O) groups is 2. The van der Waals surface area contributed by atoms with Gasteiger partial charge in [0.2, 0.25) is 40.1 Å². The first kappa shape index (κ1) is 110. The number of carbonyl (C=O) groups excluding carboxylic acids is 2. The summed E-state index contributed by atoms with van der Waals surface area (Å²) in [5, 5.41) is 52.2. The topological polar surface area (TPSA) is 425 Å². The molecule has 4 aliphatic rings. The second-order valence-corrected chi connectivity index (χ2v) is 43.4. The number of aryl methyl sites for hydroxylation is 4. The fourth-order valence-corrected chi connectivity index (χ4v) is 23.2. The number of likely N-dealkylation sites (tertiary alicyclic amines) is 4. The van der Waals surface area contributed by atoms with E-state index >= 15 is 0 Å². The molecule has 0 spiro atoms. The number of urea groups is 2. The molecule has 141 heavy (non-hydrogen) atoms. The number of thiocarbonyl (C=S) groups is 2. The first-order valence-corrected chi connectivity index (χ1v) is 54.0. The number of hydrogen-bond acceptors (Lipinski definition) is 22. The van der Waals surface area contributed by atoms with Crippen molar-refractivity contribution in [2.45, 2.75) is 136 Å². The summed E-state index contributed by atoms with van der Waals surface area (Å²) in [6.45, 7) is 16.6. The average Bonchev–Trinajstić information content (AvgIpc) is 1.36. The van der Waals surface area contributed by atoms with Crippen LogP contribution in [0.4, 0.5) is 19.7 Å². The molecule has 0 saturated carbocycles. The van der Waals surface area contributed by atoms with Crippen LogP contribution in [0.25, 0.3) is 0 Å². The van der Waals surface area contributed by atoms with Gasteiger partial charge in [-0.15, -0.1) is 6.58 Å². The molecule has 43 heteroatoms. The van der Waals surface area contributed by atoms with Gasteiger partial charge in [-0.3, -0.25) is 0 Å². The Hall–Kier alpha value is -11.8. The highest BCUT2D eigenvalue weighted by molar-refractivity contribution is 7.98. The first-order chi connectivity index (χ1) is 67.3. The molecule has 31 nitrogen and oxygen atoms in total. The van der Waals surface area contributed by atoms with E-state index < -0.39 is 52.0 Å². The van der Waals surface area contributed by atoms with E-state index in [1.165, 1.54) is 91.0 Å². The number of thioether (sulfide) groups is 1. The van der Waals surface area contributed by atoms with Crippen LogP contribution in [0.15, 0.2) is 225 Å². The molecular formula is C98H103Cl4FN16O15S7. The molecular weight excluding hydrogens is 2030 g/mol. The van der Waals surface area contributed by atoms with Crippen LogP contribution in [0.1, 0.15) is 108 Å². The standard InChI is InChI=1S/C26H24ClFN4O4S.C25H25ClN4O4S2.C24H29ClN4O3S3.C23H25ClN4O4S/c1-17-11-19(27)14-23(12-17)36-24-6-5-18(16-29)13-25(24)37(34,35)31-21-7-9-32(10-8-21)26(33)30-22-4-2-3-20(28)15-22;1-17-11-19(26)14-22(12-17)34-23-5-4-18(15-27)13-24(23)36(31,32)29-20-6-8-30(9-7-20)25(35)28-16-21-3-2-10-33-21;1-17-12-19(25)15-21(13-17)32-22-5-4-18(16-26)14-23(22)35(30,31)28-20-6-9-29(10-7-20)24(33)27-8-3-11-34-2;1-3-8-26-23(29)28-9-6-19(7-10-28)27-33(30,31)22-13-17(15-25)4-5-21(22)32-20-12-16(2)11-18(24)14-20/h2-6,11-15,21,31H,7-10H2,1H3,(H,30,33);2-5,10-14,20,29H,6-9,16H2,1H3,(H,28,35);4-5,12-15,20,28H,3,6-11H2,1-2H3,(H,27,33);3-5,11-14,19,27H,1,6-10H2,2H3,(H,26,29). The average molecular weight is 2130 g/mol. The van der Waals surface area contributed by atoms with Gasteiger partial charge in [0.05, 0.1) is 59.3 Å². The second-order valence-electron chi connectivity index (χ2n) is 33.1. The fraction of sp³-hybridized carbons (Fsp3) is 0.306. The number of nitrogens with one attached hydrogen (secondary N) is 8. The molecule has 4 aliphatic heterocycles. The lowest BCUT2D eigenvalue weighted by atomic mass is 10.1. The Morgan fingerprint density at radius 1 is 0.447 bits per heavy atom. The third kappa shape index (κ3) is 33.1. The maximum atomic E-state index is 13.4. The van der Waals surface area contributed by atoms with Gasteiger partial charge in [0.15, 0.2) is 10.2 Å². The predicted molar refractivity (Wildman–Crippen MR) is 550 cm³/mol. The summed E-state index contributed by atoms with van der Waals surface area (Å²) in [7, 11) is -16.0. The summed E-state index contributed by atoms with van der Waals surface area (Å²) in [5.41, 5.74) is 4.60. The van der Waals surface area contributed by atoms with Crippen LogP contribution >= 0.6 is 82.6 Å². The number of sulfonamides is 4. The van der Waals surface area contributed by atoms with Crippen molar-refractivity contribution in [3.63, 3.8) is 0 Å². The summed E-state index contributed by atoms with van der Waals surface area (Å²) < 4.78 is 160. The third-order valence-corrected chi connectivity index (χ3v) is 30.6. The normalized spacial score (nSPS) is 14.3. The molecule has 0 atom stereocenters. The quantitative estimate of drug-likeness (QED) is 0.0123. The smallest absolute Gasteiger partial charge is 0.321 e. The molecule has 10 aromatic rings. The number of rotatable bonds is 29. The Bertz CT molecular complexity index is 6760. The van der Waals surface area contributed by atoms with Gasteiger partial charge in [-0.25, -0.2) is 66.5 Å². The highest BCUT2D eigenvalue weighted by Gasteiger charge is 2.35. The molecule has 5 heterocycles. The number of ether oxygens (including phenoxy) is 4. The van der Waals surface area contributed by atoms with E-state index in [9.17, 15) is 68.7 Å². The number of nitrogens with zero attached hydrogens (tertiary/aromatic N) is 8. The third-order valence-electron chi connectivity index (χ3n) is 22.1. The van der Waals surface area contributed by atoms with Crippen molar-refractivity contribution < 1.29 is 71.0 Å². The Balaban J connectivity index is 0.000000180. The zero-order valence-corrected chi connectivity index (χ0v) is 86.0. The predicted octanol–water partition coefficient (Wildman–Crippen LogP) is 18.8. The van der Waals surface area contributed by atoms with Gasteiger partial charge in [-0.05, 0) is 320 Å². The van der Waals surface area contributed by atoms with Crippen LogP contribution in [-0.4, -0.2) is 177 Å². The van der Waals surface area contributed by atoms with Gasteiger partial charge >= 0.3 is 12.1 Å². The molecule has 0 unspecified atom stereocenters. The van der Waals surface area contributed by atoms with E-state index in [1.54, 1.807) is 113 Å². The molecule has 742 valence electrons. The number of benzene rings is 9. The zero-order chi connectivity index (χ0) is 102. The lowest BCUT2D eigenvalue weighted by Crippen LogP contribution is -2.49. The Labute approximate surface area is 856 Å². The number of amides is 4. The maximum absolute atomic E-state index is 13.4. The number of hydrogen-bond donors (Lipinski definition) is 8. The number of anilines is 1. The van der Waals surface area contributed by atoms with E-state index in [2.05, 4.69) is 57.9 Å². The summed E-state index contributed by atoms with van der Waals surface area (Å²) >= 11 is 37.2. The van der Waals surface area contributed by atoms with E-state index in [-0.39, 0.29) is 95.0 Å². The SMILES string of the molecule is C=CCNC(=O)N1CCC(NS(=O)(=O)c2cc(C#N)ccc2Oc2cc(C)cc(Cl)c2)CC1.CSCCCNC(=S)N1CCC(NS(=O)(=O)c2cc(C#N)ccc2Oc2cc(C)cc(Cl)c2)CC1.Cc1cc(Cl)cc(Oc2ccc(C#N)cc2S(=O)(=O)NC2CCN(C(=O)Nc3cccc(F)c3)CC2)c1.Cc1cc(Cl)cc(Oc2ccc(C#N)cc2S(=O)(=O)NC2CCN(C(=S)NCc3ccco3)CC2)c1. The molecule has 0 bridgehead atoms. The number of furan rings is 1. The lowest BCUT2D eigenvalue weighted by Gasteiger charge is -2.34. The Kier molecular flexibility index (Phi) is 40.2. The van der Waals surface area contributed by atoms with Gasteiger partial charge in [0.1, 0.15) is 77.2 Å². The molecule has 8 N–H and O–H groups in total. The van der Waals surface area contributed by atoms with Crippen LogP contribution in [-0.2, 0) is 46.6 Å². The number of nitriles is 4. The summed E-state index contributed by atoms with van der Waals surface area (Å²) in [6, 6.07) is 52.7.